The standard InChI is InChI=1S/C15H12FN3O2/c1-2-18(13-5-3-12(16)4-6-13)15-8-7-14(19(20)21)9-11(15)10-17/h3-9H,2H2,1H3. The van der Waals surface area contributed by atoms with Crippen molar-refractivity contribution < 1.29 is 9.31 Å². The highest BCUT2D eigenvalue weighted by molar-refractivity contribution is 5.71. The Morgan fingerprint density at radius 2 is 1.95 bits per heavy atom. The average Bonchev–Trinajstić information content (AvgIpc) is 2.50. The summed E-state index contributed by atoms with van der Waals surface area (Å²) in [4.78, 5) is 12.0. The van der Waals surface area contributed by atoms with E-state index >= 15 is 0 Å². The Kier molecular flexibility index (Phi) is 4.14. The van der Waals surface area contributed by atoms with Crippen molar-refractivity contribution in [3.05, 3.63) is 64.0 Å². The molecule has 0 saturated carbocycles. The largest absolute Gasteiger partial charge is 0.341 e. The highest BCUT2D eigenvalue weighted by Gasteiger charge is 2.16. The van der Waals surface area contributed by atoms with E-state index in [0.717, 1.165) is 0 Å². The smallest absolute Gasteiger partial charge is 0.270 e. The number of anilines is 2. The monoisotopic (exact) mass is 285 g/mol. The molecule has 0 aliphatic rings. The van der Waals surface area contributed by atoms with Gasteiger partial charge in [0.25, 0.3) is 5.69 Å². The first-order valence-corrected chi connectivity index (χ1v) is 6.28. The van der Waals surface area contributed by atoms with Gasteiger partial charge in [0, 0.05) is 24.4 Å². The predicted octanol–water partition coefficient (Wildman–Crippen LogP) is 3.76. The normalized spacial score (nSPS) is 9.95. The van der Waals surface area contributed by atoms with E-state index in [9.17, 15) is 19.8 Å². The molecule has 0 fully saturated rings. The zero-order valence-corrected chi connectivity index (χ0v) is 11.3. The molecule has 6 heteroatoms. The maximum atomic E-state index is 13.0. The number of halogens is 1. The Hall–Kier alpha value is -2.94. The number of nitriles is 1. The molecule has 0 aromatic heterocycles. The molecular weight excluding hydrogens is 273 g/mol. The fourth-order valence-corrected chi connectivity index (χ4v) is 2.08. The molecule has 21 heavy (non-hydrogen) atoms. The molecule has 0 aliphatic carbocycles. The molecule has 0 bridgehead atoms. The topological polar surface area (TPSA) is 70.2 Å². The van der Waals surface area contributed by atoms with Crippen LogP contribution in [0.3, 0.4) is 0 Å². The SMILES string of the molecule is CCN(c1ccc(F)cc1)c1ccc([N+](=O)[O-])cc1C#N. The lowest BCUT2D eigenvalue weighted by Crippen LogP contribution is -2.17. The van der Waals surface area contributed by atoms with Crippen LogP contribution in [0.5, 0.6) is 0 Å². The summed E-state index contributed by atoms with van der Waals surface area (Å²) in [6, 6.07) is 11.9. The van der Waals surface area contributed by atoms with Crippen molar-refractivity contribution in [1.29, 1.82) is 5.26 Å². The van der Waals surface area contributed by atoms with E-state index in [-0.39, 0.29) is 17.1 Å². The summed E-state index contributed by atoms with van der Waals surface area (Å²) in [6.45, 7) is 2.42. The molecule has 0 aliphatic heterocycles. The van der Waals surface area contributed by atoms with E-state index in [1.165, 1.54) is 30.3 Å². The van der Waals surface area contributed by atoms with Gasteiger partial charge in [-0.05, 0) is 37.3 Å². The minimum atomic E-state index is -0.543. The summed E-state index contributed by atoms with van der Waals surface area (Å²) in [5.41, 5.74) is 1.34. The van der Waals surface area contributed by atoms with Crippen LogP contribution in [0.1, 0.15) is 12.5 Å². The number of hydrogen-bond acceptors (Lipinski definition) is 4. The summed E-state index contributed by atoms with van der Waals surface area (Å²) in [7, 11) is 0. The molecule has 2 aromatic rings. The zero-order chi connectivity index (χ0) is 15.4. The molecule has 106 valence electrons. The van der Waals surface area contributed by atoms with Crippen molar-refractivity contribution in [2.24, 2.45) is 0 Å². The Morgan fingerprint density at radius 3 is 2.48 bits per heavy atom. The second-order valence-corrected chi connectivity index (χ2v) is 4.29. The predicted molar refractivity (Wildman–Crippen MR) is 76.9 cm³/mol. The number of benzene rings is 2. The van der Waals surface area contributed by atoms with Gasteiger partial charge in [-0.2, -0.15) is 5.26 Å². The highest BCUT2D eigenvalue weighted by Crippen LogP contribution is 2.30. The van der Waals surface area contributed by atoms with Gasteiger partial charge in [0.05, 0.1) is 16.2 Å². The van der Waals surface area contributed by atoms with E-state index in [0.29, 0.717) is 17.9 Å². The van der Waals surface area contributed by atoms with Crippen molar-refractivity contribution in [1.82, 2.24) is 0 Å². The molecule has 0 saturated heterocycles. The molecule has 0 N–H and O–H groups in total. The third-order valence-electron chi connectivity index (χ3n) is 3.06. The fraction of sp³-hybridized carbons (Fsp3) is 0.133. The number of nitrogens with zero attached hydrogens (tertiary/aromatic N) is 3. The molecule has 0 atom stereocenters. The van der Waals surface area contributed by atoms with Crippen LogP contribution in [0.4, 0.5) is 21.5 Å². The first-order chi connectivity index (χ1) is 10.1. The average molecular weight is 285 g/mol. The van der Waals surface area contributed by atoms with Gasteiger partial charge < -0.3 is 4.90 Å². The number of nitro benzene ring substituents is 1. The molecule has 0 amide bonds. The van der Waals surface area contributed by atoms with E-state index in [2.05, 4.69) is 0 Å². The van der Waals surface area contributed by atoms with Crippen LogP contribution in [-0.4, -0.2) is 11.5 Å². The van der Waals surface area contributed by atoms with E-state index < -0.39 is 4.92 Å². The highest BCUT2D eigenvalue weighted by atomic mass is 19.1. The summed E-state index contributed by atoms with van der Waals surface area (Å²) < 4.78 is 13.0. The van der Waals surface area contributed by atoms with Crippen molar-refractivity contribution in [3.8, 4) is 6.07 Å². The van der Waals surface area contributed by atoms with E-state index in [1.54, 1.807) is 17.0 Å². The molecule has 0 unspecified atom stereocenters. The first kappa shape index (κ1) is 14.5. The molecule has 5 nitrogen and oxygen atoms in total. The quantitative estimate of drug-likeness (QED) is 0.633. The Balaban J connectivity index is 2.50. The molecule has 2 rings (SSSR count). The van der Waals surface area contributed by atoms with Gasteiger partial charge >= 0.3 is 0 Å². The van der Waals surface area contributed by atoms with Crippen molar-refractivity contribution in [2.75, 3.05) is 11.4 Å². The fourth-order valence-electron chi connectivity index (χ4n) is 2.08. The molecule has 0 spiro atoms. The molecular formula is C15H12FN3O2. The first-order valence-electron chi connectivity index (χ1n) is 6.28. The van der Waals surface area contributed by atoms with Gasteiger partial charge in [-0.15, -0.1) is 0 Å². The second kappa shape index (κ2) is 6.01. The molecule has 0 radical (unpaired) electrons. The van der Waals surface area contributed by atoms with Gasteiger partial charge in [-0.3, -0.25) is 10.1 Å². The van der Waals surface area contributed by atoms with Crippen LogP contribution in [-0.2, 0) is 0 Å². The number of rotatable bonds is 4. The third-order valence-corrected chi connectivity index (χ3v) is 3.06. The Morgan fingerprint density at radius 1 is 1.29 bits per heavy atom. The minimum Gasteiger partial charge on any atom is -0.341 e. The van der Waals surface area contributed by atoms with Crippen molar-refractivity contribution >= 4 is 17.1 Å². The summed E-state index contributed by atoms with van der Waals surface area (Å²) in [6.07, 6.45) is 0. The van der Waals surface area contributed by atoms with Crippen LogP contribution >= 0.6 is 0 Å². The summed E-state index contributed by atoms with van der Waals surface area (Å²) >= 11 is 0. The van der Waals surface area contributed by atoms with Gasteiger partial charge in [-0.25, -0.2) is 4.39 Å². The van der Waals surface area contributed by atoms with Crippen molar-refractivity contribution in [2.45, 2.75) is 6.92 Å². The number of non-ortho nitro benzene ring substituents is 1. The maximum absolute atomic E-state index is 13.0. The zero-order valence-electron chi connectivity index (χ0n) is 11.3. The number of nitro groups is 1. The number of hydrogen-bond donors (Lipinski definition) is 0. The Labute approximate surface area is 121 Å². The molecule has 2 aromatic carbocycles. The lowest BCUT2D eigenvalue weighted by atomic mass is 10.1. The lowest BCUT2D eigenvalue weighted by Gasteiger charge is -2.24. The summed E-state index contributed by atoms with van der Waals surface area (Å²) in [5.74, 6) is -0.348. The second-order valence-electron chi connectivity index (χ2n) is 4.29. The maximum Gasteiger partial charge on any atom is 0.270 e. The lowest BCUT2D eigenvalue weighted by molar-refractivity contribution is -0.384. The molecule has 0 heterocycles. The van der Waals surface area contributed by atoms with Crippen LogP contribution in [0.25, 0.3) is 0 Å². The van der Waals surface area contributed by atoms with Gasteiger partial charge in [-0.1, -0.05) is 0 Å². The van der Waals surface area contributed by atoms with Crippen LogP contribution in [0.15, 0.2) is 42.5 Å². The minimum absolute atomic E-state index is 0.134. The summed E-state index contributed by atoms with van der Waals surface area (Å²) in [5, 5.41) is 20.0. The van der Waals surface area contributed by atoms with Crippen molar-refractivity contribution in [3.63, 3.8) is 0 Å². The van der Waals surface area contributed by atoms with E-state index in [4.69, 9.17) is 0 Å². The third kappa shape index (κ3) is 2.98. The van der Waals surface area contributed by atoms with E-state index in [1.807, 2.05) is 13.0 Å². The van der Waals surface area contributed by atoms with Crippen LogP contribution in [0.2, 0.25) is 0 Å². The van der Waals surface area contributed by atoms with Gasteiger partial charge in [0.2, 0.25) is 0 Å². The van der Waals surface area contributed by atoms with Gasteiger partial charge in [0.15, 0.2) is 0 Å². The Bertz CT molecular complexity index is 708. The van der Waals surface area contributed by atoms with Gasteiger partial charge in [0.1, 0.15) is 11.9 Å². The van der Waals surface area contributed by atoms with Crippen LogP contribution in [0, 0.1) is 27.3 Å². The van der Waals surface area contributed by atoms with Crippen LogP contribution < -0.4 is 4.90 Å².